The van der Waals surface area contributed by atoms with Crippen LogP contribution in [0.3, 0.4) is 0 Å². The summed E-state index contributed by atoms with van der Waals surface area (Å²) in [5.74, 6) is 2.68. The van der Waals surface area contributed by atoms with Crippen molar-refractivity contribution in [3.8, 4) is 0 Å². The number of nitrogens with one attached hydrogen (secondary N) is 1. The number of nitrogens with zero attached hydrogens (tertiary/aromatic N) is 2. The molecule has 92 valence electrons. The molecule has 0 atom stereocenters. The Hall–Kier alpha value is -1.12. The first-order chi connectivity index (χ1) is 8.25. The molecule has 0 radical (unpaired) electrons. The lowest BCUT2D eigenvalue weighted by Crippen LogP contribution is -2.23. The third-order valence-electron chi connectivity index (χ3n) is 4.12. The van der Waals surface area contributed by atoms with Crippen LogP contribution in [0.5, 0.6) is 0 Å². The van der Waals surface area contributed by atoms with Crippen molar-refractivity contribution in [3.05, 3.63) is 18.1 Å². The monoisotopic (exact) mass is 231 g/mol. The topological polar surface area (TPSA) is 37.8 Å². The lowest BCUT2D eigenvalue weighted by molar-refractivity contribution is 0.361. The van der Waals surface area contributed by atoms with Gasteiger partial charge in [-0.05, 0) is 37.2 Å². The number of hydrogen-bond donors (Lipinski definition) is 1. The second kappa shape index (κ2) is 4.28. The molecule has 2 saturated carbocycles. The maximum atomic E-state index is 4.60. The maximum absolute atomic E-state index is 4.60. The summed E-state index contributed by atoms with van der Waals surface area (Å²) in [7, 11) is 0. The first-order valence-corrected chi connectivity index (χ1v) is 6.82. The van der Waals surface area contributed by atoms with E-state index >= 15 is 0 Å². The third-order valence-corrected chi connectivity index (χ3v) is 4.12. The molecule has 3 rings (SSSR count). The fraction of sp³-hybridized carbons (Fsp3) is 0.714. The maximum Gasteiger partial charge on any atom is 0.133 e. The molecule has 3 heteroatoms. The van der Waals surface area contributed by atoms with Crippen LogP contribution in [0.1, 0.15) is 57.2 Å². The highest BCUT2D eigenvalue weighted by atomic mass is 15.0. The van der Waals surface area contributed by atoms with Crippen molar-refractivity contribution in [1.82, 2.24) is 9.97 Å². The van der Waals surface area contributed by atoms with Crippen LogP contribution < -0.4 is 5.32 Å². The summed E-state index contributed by atoms with van der Waals surface area (Å²) < 4.78 is 0. The van der Waals surface area contributed by atoms with Gasteiger partial charge in [0.2, 0.25) is 0 Å². The smallest absolute Gasteiger partial charge is 0.133 e. The lowest BCUT2D eigenvalue weighted by Gasteiger charge is -2.24. The standard InChI is InChI=1S/C14H21N3/c1-14(7-2-3-8-14)10-16-12-6-9-15-13(17-12)11-4-5-11/h6,9,11H,2-5,7-8,10H2,1H3,(H,15,16,17). The minimum absolute atomic E-state index is 0.477. The normalized spacial score (nSPS) is 22.6. The zero-order valence-corrected chi connectivity index (χ0v) is 10.6. The van der Waals surface area contributed by atoms with Gasteiger partial charge in [0.15, 0.2) is 0 Å². The van der Waals surface area contributed by atoms with Gasteiger partial charge in [0.1, 0.15) is 11.6 Å². The summed E-state index contributed by atoms with van der Waals surface area (Å²) in [6.45, 7) is 3.43. The van der Waals surface area contributed by atoms with Crippen molar-refractivity contribution < 1.29 is 0 Å². The Balaban J connectivity index is 1.62. The van der Waals surface area contributed by atoms with Gasteiger partial charge in [-0.25, -0.2) is 9.97 Å². The molecule has 2 aliphatic carbocycles. The van der Waals surface area contributed by atoms with Gasteiger partial charge in [0.05, 0.1) is 0 Å². The van der Waals surface area contributed by atoms with Crippen molar-refractivity contribution in [2.45, 2.75) is 51.4 Å². The van der Waals surface area contributed by atoms with Crippen LogP contribution in [0.2, 0.25) is 0 Å². The first kappa shape index (κ1) is 11.0. The average Bonchev–Trinajstić information content (AvgIpc) is 3.11. The zero-order chi connectivity index (χ0) is 11.7. The summed E-state index contributed by atoms with van der Waals surface area (Å²) in [5, 5.41) is 3.50. The van der Waals surface area contributed by atoms with E-state index in [1.807, 2.05) is 12.3 Å². The molecule has 0 unspecified atom stereocenters. The van der Waals surface area contributed by atoms with Crippen LogP contribution in [0.4, 0.5) is 5.82 Å². The van der Waals surface area contributed by atoms with Crippen LogP contribution in [0.15, 0.2) is 12.3 Å². The highest BCUT2D eigenvalue weighted by Gasteiger charge is 2.29. The number of aromatic nitrogens is 2. The largest absolute Gasteiger partial charge is 0.369 e. The van der Waals surface area contributed by atoms with E-state index in [0.29, 0.717) is 11.3 Å². The Bertz CT molecular complexity index is 392. The summed E-state index contributed by atoms with van der Waals surface area (Å²) >= 11 is 0. The van der Waals surface area contributed by atoms with Crippen molar-refractivity contribution in [1.29, 1.82) is 0 Å². The van der Waals surface area contributed by atoms with Crippen LogP contribution in [-0.2, 0) is 0 Å². The molecule has 1 N–H and O–H groups in total. The first-order valence-electron chi connectivity index (χ1n) is 6.82. The van der Waals surface area contributed by atoms with Gasteiger partial charge in [0, 0.05) is 18.7 Å². The molecule has 1 aromatic rings. The number of hydrogen-bond acceptors (Lipinski definition) is 3. The second-order valence-electron chi connectivity index (χ2n) is 5.95. The molecule has 0 bridgehead atoms. The molecular weight excluding hydrogens is 210 g/mol. The number of rotatable bonds is 4. The second-order valence-corrected chi connectivity index (χ2v) is 5.95. The molecule has 17 heavy (non-hydrogen) atoms. The minimum atomic E-state index is 0.477. The molecule has 0 saturated heterocycles. The van der Waals surface area contributed by atoms with Crippen molar-refractivity contribution >= 4 is 5.82 Å². The quantitative estimate of drug-likeness (QED) is 0.863. The molecule has 2 fully saturated rings. The fourth-order valence-electron chi connectivity index (χ4n) is 2.72. The van der Waals surface area contributed by atoms with E-state index in [0.717, 1.165) is 18.2 Å². The third kappa shape index (κ3) is 2.59. The van der Waals surface area contributed by atoms with Gasteiger partial charge in [0.25, 0.3) is 0 Å². The fourth-order valence-corrected chi connectivity index (χ4v) is 2.72. The van der Waals surface area contributed by atoms with Crippen LogP contribution in [-0.4, -0.2) is 16.5 Å². The zero-order valence-electron chi connectivity index (χ0n) is 10.6. The van der Waals surface area contributed by atoms with E-state index in [1.54, 1.807) is 0 Å². The molecule has 0 spiro atoms. The van der Waals surface area contributed by atoms with Crippen LogP contribution in [0, 0.1) is 5.41 Å². The molecule has 0 amide bonds. The Kier molecular flexibility index (Phi) is 2.77. The van der Waals surface area contributed by atoms with Gasteiger partial charge >= 0.3 is 0 Å². The molecule has 1 heterocycles. The van der Waals surface area contributed by atoms with Crippen molar-refractivity contribution in [2.24, 2.45) is 5.41 Å². The molecule has 2 aliphatic rings. The van der Waals surface area contributed by atoms with Crippen LogP contribution >= 0.6 is 0 Å². The Morgan fingerprint density at radius 3 is 2.82 bits per heavy atom. The van der Waals surface area contributed by atoms with E-state index in [4.69, 9.17) is 0 Å². The predicted molar refractivity (Wildman–Crippen MR) is 69.1 cm³/mol. The molecule has 0 aliphatic heterocycles. The van der Waals surface area contributed by atoms with Gasteiger partial charge in [-0.1, -0.05) is 19.8 Å². The predicted octanol–water partition coefficient (Wildman–Crippen LogP) is 3.35. The van der Waals surface area contributed by atoms with E-state index in [9.17, 15) is 0 Å². The average molecular weight is 231 g/mol. The summed E-state index contributed by atoms with van der Waals surface area (Å²) in [6, 6.07) is 1.99. The Labute approximate surface area is 103 Å². The van der Waals surface area contributed by atoms with E-state index in [-0.39, 0.29) is 0 Å². The van der Waals surface area contributed by atoms with Gasteiger partial charge in [-0.15, -0.1) is 0 Å². The Morgan fingerprint density at radius 1 is 1.35 bits per heavy atom. The molecule has 3 nitrogen and oxygen atoms in total. The minimum Gasteiger partial charge on any atom is -0.369 e. The van der Waals surface area contributed by atoms with Gasteiger partial charge in [-0.3, -0.25) is 0 Å². The molecule has 1 aromatic heterocycles. The SMILES string of the molecule is CC1(CNc2ccnc(C3CC3)n2)CCCC1. The molecule has 0 aromatic carbocycles. The lowest BCUT2D eigenvalue weighted by atomic mass is 9.89. The Morgan fingerprint density at radius 2 is 2.12 bits per heavy atom. The molecular formula is C14H21N3. The van der Waals surface area contributed by atoms with Crippen LogP contribution in [0.25, 0.3) is 0 Å². The van der Waals surface area contributed by atoms with Crippen molar-refractivity contribution in [3.63, 3.8) is 0 Å². The highest BCUT2D eigenvalue weighted by molar-refractivity contribution is 5.34. The highest BCUT2D eigenvalue weighted by Crippen LogP contribution is 2.39. The summed E-state index contributed by atoms with van der Waals surface area (Å²) in [6.07, 6.45) is 9.88. The van der Waals surface area contributed by atoms with E-state index in [1.165, 1.54) is 38.5 Å². The van der Waals surface area contributed by atoms with Crippen molar-refractivity contribution in [2.75, 3.05) is 11.9 Å². The number of anilines is 1. The van der Waals surface area contributed by atoms with E-state index in [2.05, 4.69) is 22.2 Å². The van der Waals surface area contributed by atoms with Gasteiger partial charge in [-0.2, -0.15) is 0 Å². The van der Waals surface area contributed by atoms with E-state index < -0.39 is 0 Å². The summed E-state index contributed by atoms with van der Waals surface area (Å²) in [4.78, 5) is 8.95. The summed E-state index contributed by atoms with van der Waals surface area (Å²) in [5.41, 5.74) is 0.477. The van der Waals surface area contributed by atoms with Gasteiger partial charge < -0.3 is 5.32 Å².